The van der Waals surface area contributed by atoms with E-state index in [1.54, 1.807) is 6.07 Å². The van der Waals surface area contributed by atoms with Crippen LogP contribution in [0.3, 0.4) is 0 Å². The molecule has 0 aliphatic heterocycles. The Balaban J connectivity index is 2.21. The first kappa shape index (κ1) is 15.5. The maximum absolute atomic E-state index is 10.7. The molecule has 21 heavy (non-hydrogen) atoms. The van der Waals surface area contributed by atoms with Crippen LogP contribution in [-0.2, 0) is 6.42 Å². The van der Waals surface area contributed by atoms with Crippen LogP contribution in [-0.4, -0.2) is 11.5 Å². The van der Waals surface area contributed by atoms with Crippen LogP contribution in [0.25, 0.3) is 0 Å². The minimum absolute atomic E-state index is 0.140. The Morgan fingerprint density at radius 3 is 2.71 bits per heavy atom. The second-order valence-corrected chi connectivity index (χ2v) is 5.14. The third-order valence-corrected chi connectivity index (χ3v) is 3.53. The molecule has 112 valence electrons. The lowest BCUT2D eigenvalue weighted by Crippen LogP contribution is -2.23. The minimum atomic E-state index is -0.532. The van der Waals surface area contributed by atoms with E-state index in [1.807, 2.05) is 24.3 Å². The van der Waals surface area contributed by atoms with E-state index in [2.05, 4.69) is 12.2 Å². The van der Waals surface area contributed by atoms with Crippen molar-refractivity contribution in [1.29, 1.82) is 0 Å². The number of benzene rings is 1. The highest BCUT2D eigenvalue weighted by Crippen LogP contribution is 2.27. The molecule has 0 saturated heterocycles. The van der Waals surface area contributed by atoms with Crippen LogP contribution in [0.1, 0.15) is 30.7 Å². The first-order valence-corrected chi connectivity index (χ1v) is 7.20. The van der Waals surface area contributed by atoms with Gasteiger partial charge < -0.3 is 9.73 Å². The van der Waals surface area contributed by atoms with Crippen molar-refractivity contribution < 1.29 is 9.34 Å². The number of hydrogen-bond acceptors (Lipinski definition) is 4. The number of rotatable bonds is 7. The molecule has 0 fully saturated rings. The van der Waals surface area contributed by atoms with Gasteiger partial charge in [0.2, 0.25) is 0 Å². The predicted octanol–water partition coefficient (Wildman–Crippen LogP) is 4.12. The monoisotopic (exact) mass is 308 g/mol. The highest BCUT2D eigenvalue weighted by atomic mass is 35.5. The predicted molar refractivity (Wildman–Crippen MR) is 81.6 cm³/mol. The molecule has 0 amide bonds. The first-order valence-electron chi connectivity index (χ1n) is 6.82. The summed E-state index contributed by atoms with van der Waals surface area (Å²) in [4.78, 5) is 10.2. The Morgan fingerprint density at radius 2 is 2.10 bits per heavy atom. The van der Waals surface area contributed by atoms with Crippen molar-refractivity contribution in [2.75, 3.05) is 6.54 Å². The number of nitrogens with one attached hydrogen (secondary N) is 1. The molecule has 1 aromatic carbocycles. The summed E-state index contributed by atoms with van der Waals surface area (Å²) < 4.78 is 5.31. The smallest absolute Gasteiger partial charge is 0.404 e. The van der Waals surface area contributed by atoms with Crippen molar-refractivity contribution in [3.05, 3.63) is 62.9 Å². The number of furan rings is 1. The van der Waals surface area contributed by atoms with Crippen molar-refractivity contribution >= 4 is 17.5 Å². The van der Waals surface area contributed by atoms with E-state index in [0.717, 1.165) is 18.5 Å². The van der Waals surface area contributed by atoms with Crippen LogP contribution in [0.2, 0.25) is 5.02 Å². The molecule has 1 aromatic heterocycles. The standard InChI is InChI=1S/C15H17ClN2O3/c1-2-9-17-13(10-11-5-3-4-6-12(11)16)14-7-8-15(21-14)18(19)20/h3-8,13,17H,2,9-10H2,1H3. The quantitative estimate of drug-likeness (QED) is 0.617. The van der Waals surface area contributed by atoms with Crippen LogP contribution in [0.4, 0.5) is 5.88 Å². The third kappa shape index (κ3) is 4.06. The van der Waals surface area contributed by atoms with Crippen LogP contribution in [0.15, 0.2) is 40.8 Å². The number of halogens is 1. The molecule has 0 aliphatic rings. The number of nitrogens with zero attached hydrogens (tertiary/aromatic N) is 1. The Bertz CT molecular complexity index is 612. The zero-order chi connectivity index (χ0) is 15.2. The van der Waals surface area contributed by atoms with Crippen LogP contribution in [0.5, 0.6) is 0 Å². The maximum Gasteiger partial charge on any atom is 0.433 e. The summed E-state index contributed by atoms with van der Waals surface area (Å²) >= 11 is 6.18. The summed E-state index contributed by atoms with van der Waals surface area (Å²) in [5, 5.41) is 14.8. The van der Waals surface area contributed by atoms with Gasteiger partial charge in [-0.25, -0.2) is 0 Å². The Kier molecular flexibility index (Phi) is 5.36. The topological polar surface area (TPSA) is 68.3 Å². The lowest BCUT2D eigenvalue weighted by atomic mass is 10.0. The van der Waals surface area contributed by atoms with Crippen LogP contribution < -0.4 is 5.32 Å². The molecule has 1 heterocycles. The highest BCUT2D eigenvalue weighted by Gasteiger charge is 2.20. The highest BCUT2D eigenvalue weighted by molar-refractivity contribution is 6.31. The summed E-state index contributed by atoms with van der Waals surface area (Å²) in [6.07, 6.45) is 1.58. The van der Waals surface area contributed by atoms with E-state index in [9.17, 15) is 10.1 Å². The molecule has 2 rings (SSSR count). The van der Waals surface area contributed by atoms with Gasteiger partial charge in [0, 0.05) is 5.02 Å². The van der Waals surface area contributed by atoms with Gasteiger partial charge in [-0.1, -0.05) is 36.7 Å². The Morgan fingerprint density at radius 1 is 1.33 bits per heavy atom. The molecule has 0 radical (unpaired) electrons. The van der Waals surface area contributed by atoms with Gasteiger partial charge in [-0.15, -0.1) is 0 Å². The van der Waals surface area contributed by atoms with E-state index in [4.69, 9.17) is 16.0 Å². The van der Waals surface area contributed by atoms with E-state index in [0.29, 0.717) is 17.2 Å². The molecule has 0 spiro atoms. The van der Waals surface area contributed by atoms with Crippen molar-refractivity contribution in [3.63, 3.8) is 0 Å². The lowest BCUT2D eigenvalue weighted by molar-refractivity contribution is -0.402. The summed E-state index contributed by atoms with van der Waals surface area (Å²) in [5.41, 5.74) is 0.979. The van der Waals surface area contributed by atoms with E-state index in [-0.39, 0.29) is 11.9 Å². The number of nitro groups is 1. The Hall–Kier alpha value is -1.85. The summed E-state index contributed by atoms with van der Waals surface area (Å²) in [7, 11) is 0. The summed E-state index contributed by atoms with van der Waals surface area (Å²) in [6, 6.07) is 10.4. The van der Waals surface area contributed by atoms with Crippen molar-refractivity contribution in [2.24, 2.45) is 0 Å². The lowest BCUT2D eigenvalue weighted by Gasteiger charge is -2.16. The molecule has 5 nitrogen and oxygen atoms in total. The van der Waals surface area contributed by atoms with Gasteiger partial charge in [0.05, 0.1) is 12.1 Å². The Labute approximate surface area is 128 Å². The molecular weight excluding hydrogens is 292 g/mol. The molecule has 0 aliphatic carbocycles. The van der Waals surface area contributed by atoms with Crippen molar-refractivity contribution in [2.45, 2.75) is 25.8 Å². The van der Waals surface area contributed by atoms with E-state index in [1.165, 1.54) is 6.07 Å². The molecule has 1 unspecified atom stereocenters. The SMILES string of the molecule is CCCNC(Cc1ccccc1Cl)c1ccc([N+](=O)[O-])o1. The first-order chi connectivity index (χ1) is 10.1. The molecule has 1 atom stereocenters. The molecule has 2 aromatic rings. The van der Waals surface area contributed by atoms with Gasteiger partial charge in [-0.05, 0) is 37.1 Å². The fourth-order valence-electron chi connectivity index (χ4n) is 2.10. The second-order valence-electron chi connectivity index (χ2n) is 4.74. The zero-order valence-corrected chi connectivity index (χ0v) is 12.5. The van der Waals surface area contributed by atoms with Crippen LogP contribution in [0, 0.1) is 10.1 Å². The third-order valence-electron chi connectivity index (χ3n) is 3.16. The van der Waals surface area contributed by atoms with Crippen molar-refractivity contribution in [3.8, 4) is 0 Å². The van der Waals surface area contributed by atoms with Gasteiger partial charge >= 0.3 is 5.88 Å². The minimum Gasteiger partial charge on any atom is -0.404 e. The molecule has 0 saturated carbocycles. The normalized spacial score (nSPS) is 12.3. The summed E-state index contributed by atoms with van der Waals surface area (Å²) in [6.45, 7) is 2.85. The maximum atomic E-state index is 10.7. The summed E-state index contributed by atoms with van der Waals surface area (Å²) in [5.74, 6) is 0.308. The fourth-order valence-corrected chi connectivity index (χ4v) is 2.32. The van der Waals surface area contributed by atoms with Crippen molar-refractivity contribution in [1.82, 2.24) is 5.32 Å². The van der Waals surface area contributed by atoms with Gasteiger partial charge in [0.25, 0.3) is 0 Å². The molecular formula is C15H17ClN2O3. The average molecular weight is 309 g/mol. The van der Waals surface area contributed by atoms with E-state index < -0.39 is 4.92 Å². The molecule has 1 N–H and O–H groups in total. The molecule has 0 bridgehead atoms. The number of hydrogen-bond donors (Lipinski definition) is 1. The fraction of sp³-hybridized carbons (Fsp3) is 0.333. The van der Waals surface area contributed by atoms with E-state index >= 15 is 0 Å². The van der Waals surface area contributed by atoms with Crippen LogP contribution >= 0.6 is 11.6 Å². The van der Waals surface area contributed by atoms with Gasteiger partial charge in [0.15, 0.2) is 0 Å². The van der Waals surface area contributed by atoms with Gasteiger partial charge in [0.1, 0.15) is 10.7 Å². The zero-order valence-electron chi connectivity index (χ0n) is 11.7. The van der Waals surface area contributed by atoms with Gasteiger partial charge in [-0.3, -0.25) is 10.1 Å². The van der Waals surface area contributed by atoms with Gasteiger partial charge in [-0.2, -0.15) is 0 Å². The second kappa shape index (κ2) is 7.24. The largest absolute Gasteiger partial charge is 0.433 e. The average Bonchev–Trinajstić information content (AvgIpc) is 2.95. The molecule has 6 heteroatoms.